The molecule has 4 aromatic rings. The average molecular weight is 592 g/mol. The van der Waals surface area contributed by atoms with Crippen LogP contribution >= 0.6 is 0 Å². The third-order valence-electron chi connectivity index (χ3n) is 7.76. The lowest BCUT2D eigenvalue weighted by Crippen LogP contribution is -2.31. The van der Waals surface area contributed by atoms with Crippen LogP contribution in [0.1, 0.15) is 71.6 Å². The van der Waals surface area contributed by atoms with Gasteiger partial charge in [-0.2, -0.15) is 0 Å². The van der Waals surface area contributed by atoms with Gasteiger partial charge >= 0.3 is 0 Å². The van der Waals surface area contributed by atoms with E-state index >= 15 is 0 Å². The molecule has 0 radical (unpaired) electrons. The van der Waals surface area contributed by atoms with Crippen LogP contribution in [0.25, 0.3) is 16.7 Å². The molecule has 1 heterocycles. The Morgan fingerprint density at radius 3 is 1.95 bits per heavy atom. The van der Waals surface area contributed by atoms with Crippen molar-refractivity contribution < 1.29 is 13.5 Å². The van der Waals surface area contributed by atoms with Gasteiger partial charge in [-0.25, -0.2) is 13.1 Å². The first-order valence-electron chi connectivity index (χ1n) is 14.4. The fourth-order valence-corrected chi connectivity index (χ4v) is 6.75. The van der Waals surface area contributed by atoms with E-state index in [-0.39, 0.29) is 21.5 Å². The van der Waals surface area contributed by atoms with E-state index in [4.69, 9.17) is 0 Å². The molecule has 0 aliphatic carbocycles. The highest BCUT2D eigenvalue weighted by atomic mass is 32.2. The summed E-state index contributed by atoms with van der Waals surface area (Å²) in [7, 11) is 0.162. The molecular weight excluding hydrogens is 546 g/mol. The smallest absolute Gasteiger partial charge is 0.240 e. The molecule has 0 amide bonds. The Bertz CT molecular complexity index is 1630. The van der Waals surface area contributed by atoms with Gasteiger partial charge in [0, 0.05) is 24.1 Å². The van der Waals surface area contributed by atoms with Gasteiger partial charge in [-0.05, 0) is 72.8 Å². The zero-order chi connectivity index (χ0) is 31.1. The van der Waals surface area contributed by atoms with Crippen LogP contribution in [-0.4, -0.2) is 60.6 Å². The van der Waals surface area contributed by atoms with Crippen LogP contribution < -0.4 is 4.72 Å². The Balaban J connectivity index is 1.82. The average Bonchev–Trinajstić information content (AvgIpc) is 3.31. The van der Waals surface area contributed by atoms with Gasteiger partial charge in [0.2, 0.25) is 10.0 Å². The maximum atomic E-state index is 12.9. The lowest BCUT2D eigenvalue weighted by molar-refractivity contribution is 0.283. The second-order valence-electron chi connectivity index (χ2n) is 13.8. The number of benzene rings is 3. The van der Waals surface area contributed by atoms with Crippen molar-refractivity contribution in [3.8, 4) is 11.4 Å². The van der Waals surface area contributed by atoms with Gasteiger partial charge < -0.3 is 10.0 Å². The Hall–Kier alpha value is -3.27. The van der Waals surface area contributed by atoms with Crippen molar-refractivity contribution in [1.82, 2.24) is 24.6 Å². The van der Waals surface area contributed by atoms with Crippen molar-refractivity contribution in [1.29, 1.82) is 0 Å². The highest BCUT2D eigenvalue weighted by Crippen LogP contribution is 2.45. The van der Waals surface area contributed by atoms with Gasteiger partial charge in [0.25, 0.3) is 0 Å². The summed E-state index contributed by atoms with van der Waals surface area (Å²) in [6.07, 6.45) is 0.923. The largest absolute Gasteiger partial charge is 0.505 e. The summed E-state index contributed by atoms with van der Waals surface area (Å²) in [6, 6.07) is 18.6. The fraction of sp³-hybridized carbons (Fsp3) is 0.455. The summed E-state index contributed by atoms with van der Waals surface area (Å²) in [5.41, 5.74) is 3.86. The number of nitrogens with zero attached hydrogens (tertiary/aromatic N) is 4. The number of phenols is 1. The molecule has 42 heavy (non-hydrogen) atoms. The summed E-state index contributed by atoms with van der Waals surface area (Å²) in [5.74, 6) is 0.0951. The lowest BCUT2D eigenvalue weighted by atomic mass is 9.70. The number of phenolic OH excluding ortho intramolecular Hbond substituents is 1. The second kappa shape index (κ2) is 11.4. The van der Waals surface area contributed by atoms with Crippen LogP contribution in [-0.2, 0) is 20.9 Å². The molecule has 0 atom stereocenters. The van der Waals surface area contributed by atoms with E-state index in [1.165, 1.54) is 4.80 Å². The number of nitrogens with one attached hydrogen (secondary N) is 1. The second-order valence-corrected chi connectivity index (χ2v) is 15.6. The third kappa shape index (κ3) is 6.85. The first-order chi connectivity index (χ1) is 19.4. The molecule has 4 rings (SSSR count). The minimum absolute atomic E-state index is 0.0811. The number of fused-ring (bicyclic) bond motifs is 1. The zero-order valence-corrected chi connectivity index (χ0v) is 27.2. The fourth-order valence-electron chi connectivity index (χ4n) is 5.73. The number of hydrogen-bond donors (Lipinski definition) is 2. The normalized spacial score (nSPS) is 13.3. The van der Waals surface area contributed by atoms with Gasteiger partial charge in [0.15, 0.2) is 0 Å². The number of rotatable bonds is 10. The van der Waals surface area contributed by atoms with E-state index in [1.807, 2.05) is 75.3 Å². The highest BCUT2D eigenvalue weighted by molar-refractivity contribution is 7.89. The van der Waals surface area contributed by atoms with E-state index < -0.39 is 15.4 Å². The molecule has 0 aliphatic rings. The van der Waals surface area contributed by atoms with Gasteiger partial charge in [-0.3, -0.25) is 0 Å². The van der Waals surface area contributed by atoms with Crippen molar-refractivity contribution in [2.75, 3.05) is 27.2 Å². The molecule has 0 unspecified atom stereocenters. The van der Waals surface area contributed by atoms with E-state index in [0.717, 1.165) is 34.1 Å². The Labute approximate surface area is 250 Å². The minimum atomic E-state index is -3.64. The first kappa shape index (κ1) is 31.7. The SMILES string of the molecule is CN(C)CCNS(=O)(=O)c1ccc(C(C)(C)c2cc(C(C)(C)CC(C)(C)C)cc(-n3nc4ccccc4n3)c2O)cc1. The Morgan fingerprint density at radius 1 is 0.857 bits per heavy atom. The van der Waals surface area contributed by atoms with Gasteiger partial charge in [-0.15, -0.1) is 15.0 Å². The number of aromatic hydroxyl groups is 1. The number of sulfonamides is 1. The Kier molecular flexibility index (Phi) is 8.62. The molecular formula is C33H45N5O3S. The number of hydrogen-bond acceptors (Lipinski definition) is 6. The van der Waals surface area contributed by atoms with Gasteiger partial charge in [0.05, 0.1) is 4.90 Å². The molecule has 0 spiro atoms. The molecule has 9 heteroatoms. The molecule has 2 N–H and O–H groups in total. The summed E-state index contributed by atoms with van der Waals surface area (Å²) in [6.45, 7) is 16.1. The van der Waals surface area contributed by atoms with E-state index in [1.54, 1.807) is 12.1 Å². The summed E-state index contributed by atoms with van der Waals surface area (Å²) >= 11 is 0. The summed E-state index contributed by atoms with van der Waals surface area (Å²) in [5, 5.41) is 21.2. The van der Waals surface area contributed by atoms with Crippen LogP contribution in [0.3, 0.4) is 0 Å². The third-order valence-corrected chi connectivity index (χ3v) is 9.23. The maximum Gasteiger partial charge on any atom is 0.240 e. The minimum Gasteiger partial charge on any atom is -0.505 e. The van der Waals surface area contributed by atoms with E-state index in [9.17, 15) is 13.5 Å². The first-order valence-corrected chi connectivity index (χ1v) is 15.8. The molecule has 3 aromatic carbocycles. The van der Waals surface area contributed by atoms with Crippen LogP contribution in [0.4, 0.5) is 0 Å². The van der Waals surface area contributed by atoms with E-state index in [0.29, 0.717) is 18.8 Å². The summed E-state index contributed by atoms with van der Waals surface area (Å²) in [4.78, 5) is 3.65. The molecule has 0 aliphatic heterocycles. The lowest BCUT2D eigenvalue weighted by Gasteiger charge is -2.35. The van der Waals surface area contributed by atoms with Gasteiger partial charge in [-0.1, -0.05) is 78.8 Å². The number of aromatic nitrogens is 3. The maximum absolute atomic E-state index is 12.9. The van der Waals surface area contributed by atoms with E-state index in [2.05, 4.69) is 55.6 Å². The molecule has 1 aromatic heterocycles. The van der Waals surface area contributed by atoms with Crippen LogP contribution in [0.2, 0.25) is 0 Å². The predicted molar refractivity (Wildman–Crippen MR) is 170 cm³/mol. The van der Waals surface area contributed by atoms with Crippen molar-refractivity contribution in [3.63, 3.8) is 0 Å². The molecule has 0 bridgehead atoms. The standard InChI is InChI=1S/C33H45N5O3S/c1-31(2,3)22-32(4,5)24-20-26(30(39)29(21-24)38-35-27-12-10-11-13-28(27)36-38)33(6,7)23-14-16-25(17-15-23)42(40,41)34-18-19-37(8)9/h10-17,20-21,34,39H,18-19,22H2,1-9H3. The van der Waals surface area contributed by atoms with Crippen LogP contribution in [0.15, 0.2) is 65.6 Å². The van der Waals surface area contributed by atoms with Crippen molar-refractivity contribution in [2.45, 2.75) is 70.6 Å². The van der Waals surface area contributed by atoms with Crippen molar-refractivity contribution >= 4 is 21.1 Å². The quantitative estimate of drug-likeness (QED) is 0.234. The van der Waals surface area contributed by atoms with Crippen LogP contribution in [0.5, 0.6) is 5.75 Å². The molecule has 0 saturated heterocycles. The molecule has 0 fully saturated rings. The monoisotopic (exact) mass is 591 g/mol. The Morgan fingerprint density at radius 2 is 1.43 bits per heavy atom. The predicted octanol–water partition coefficient (Wildman–Crippen LogP) is 6.01. The number of likely N-dealkylation sites (N-methyl/N-ethyl adjacent to an activating group) is 1. The molecule has 8 nitrogen and oxygen atoms in total. The zero-order valence-electron chi connectivity index (χ0n) is 26.4. The van der Waals surface area contributed by atoms with Crippen molar-refractivity contribution in [2.24, 2.45) is 5.41 Å². The van der Waals surface area contributed by atoms with Crippen LogP contribution in [0, 0.1) is 5.41 Å². The molecule has 0 saturated carbocycles. The summed E-state index contributed by atoms with van der Waals surface area (Å²) < 4.78 is 28.4. The highest BCUT2D eigenvalue weighted by Gasteiger charge is 2.34. The molecule has 226 valence electrons. The topological polar surface area (TPSA) is 100 Å². The van der Waals surface area contributed by atoms with Gasteiger partial charge in [0.1, 0.15) is 22.5 Å². The van der Waals surface area contributed by atoms with Crippen molar-refractivity contribution in [3.05, 3.63) is 77.4 Å².